The molecule has 0 bridgehead atoms. The standard InChI is InChI=1S/C35H30ClFN2O5/c1-20-6-15-26-27(18-20)34(42)39(33(26)41)24-13-9-21(10-14-24)30-19-28(25-4-2-3-5-29(25)38-30)35(43)44-31(16-17-36)32(40)22-7-11-23(37)12-8-22/h2-5,7-14,19-20,26-27,31H,6,15-18H2,1H3. The van der Waals surface area contributed by atoms with E-state index >= 15 is 0 Å². The molecule has 1 aliphatic heterocycles. The third-order valence-corrected chi connectivity index (χ3v) is 8.80. The maximum Gasteiger partial charge on any atom is 0.339 e. The number of esters is 1. The summed E-state index contributed by atoms with van der Waals surface area (Å²) < 4.78 is 19.1. The Balaban J connectivity index is 1.29. The molecule has 6 rings (SSSR count). The van der Waals surface area contributed by atoms with Crippen molar-refractivity contribution in [1.82, 2.24) is 4.98 Å². The number of nitrogens with zero attached hydrogens (tertiary/aromatic N) is 2. The van der Waals surface area contributed by atoms with E-state index in [9.17, 15) is 23.6 Å². The molecule has 3 aromatic carbocycles. The summed E-state index contributed by atoms with van der Waals surface area (Å²) in [7, 11) is 0. The van der Waals surface area contributed by atoms with Gasteiger partial charge in [0.1, 0.15) is 5.82 Å². The highest BCUT2D eigenvalue weighted by Crippen LogP contribution is 2.42. The quantitative estimate of drug-likeness (QED) is 0.0920. The predicted octanol–water partition coefficient (Wildman–Crippen LogP) is 7.00. The van der Waals surface area contributed by atoms with Gasteiger partial charge in [0.15, 0.2) is 6.10 Å². The number of amides is 2. The summed E-state index contributed by atoms with van der Waals surface area (Å²) in [5, 5.41) is 0.543. The van der Waals surface area contributed by atoms with Crippen LogP contribution in [0.3, 0.4) is 0 Å². The zero-order valence-electron chi connectivity index (χ0n) is 24.0. The molecule has 2 amide bonds. The second kappa shape index (κ2) is 12.3. The minimum Gasteiger partial charge on any atom is -0.450 e. The van der Waals surface area contributed by atoms with Crippen LogP contribution in [0.2, 0.25) is 0 Å². The molecule has 4 atom stereocenters. The van der Waals surface area contributed by atoms with E-state index < -0.39 is 23.7 Å². The summed E-state index contributed by atoms with van der Waals surface area (Å²) in [6.45, 7) is 2.12. The number of Topliss-reactive ketones (excluding diaryl/α,β-unsaturated/α-hetero) is 1. The molecule has 1 aliphatic carbocycles. The molecular weight excluding hydrogens is 583 g/mol. The molecule has 9 heteroatoms. The molecule has 2 aliphatic rings. The number of alkyl halides is 1. The fraction of sp³-hybridized carbons (Fsp3) is 0.286. The fourth-order valence-corrected chi connectivity index (χ4v) is 6.45. The van der Waals surface area contributed by atoms with Gasteiger partial charge in [-0.2, -0.15) is 0 Å². The molecule has 0 N–H and O–H groups in total. The number of rotatable bonds is 8. The maximum absolute atomic E-state index is 13.6. The Kier molecular flexibility index (Phi) is 8.27. The number of aromatic nitrogens is 1. The number of ether oxygens (including phenoxy) is 1. The highest BCUT2D eigenvalue weighted by Gasteiger charge is 2.49. The Morgan fingerprint density at radius 2 is 1.68 bits per heavy atom. The van der Waals surface area contributed by atoms with Crippen molar-refractivity contribution in [2.24, 2.45) is 17.8 Å². The van der Waals surface area contributed by atoms with Crippen molar-refractivity contribution in [2.75, 3.05) is 10.8 Å². The zero-order valence-corrected chi connectivity index (χ0v) is 24.8. The minimum absolute atomic E-state index is 0.0715. The smallest absolute Gasteiger partial charge is 0.339 e. The number of hydrogen-bond donors (Lipinski definition) is 0. The molecule has 2 fully saturated rings. The van der Waals surface area contributed by atoms with Crippen molar-refractivity contribution in [2.45, 2.75) is 38.7 Å². The molecule has 0 spiro atoms. The van der Waals surface area contributed by atoms with E-state index in [0.717, 1.165) is 19.3 Å². The van der Waals surface area contributed by atoms with Gasteiger partial charge in [-0.25, -0.2) is 14.2 Å². The maximum atomic E-state index is 13.6. The van der Waals surface area contributed by atoms with Crippen molar-refractivity contribution in [3.05, 3.63) is 95.8 Å². The van der Waals surface area contributed by atoms with Crippen molar-refractivity contribution in [1.29, 1.82) is 0 Å². The Labute approximate surface area is 259 Å². The first kappa shape index (κ1) is 29.6. The van der Waals surface area contributed by atoms with E-state index in [1.807, 2.05) is 0 Å². The topological polar surface area (TPSA) is 93.6 Å². The molecule has 1 aromatic heterocycles. The van der Waals surface area contributed by atoms with Gasteiger partial charge < -0.3 is 4.74 Å². The molecule has 1 saturated carbocycles. The third kappa shape index (κ3) is 5.62. The van der Waals surface area contributed by atoms with Crippen molar-refractivity contribution in [3.63, 3.8) is 0 Å². The lowest BCUT2D eigenvalue weighted by Crippen LogP contribution is -2.30. The number of imide groups is 1. The minimum atomic E-state index is -1.16. The lowest BCUT2D eigenvalue weighted by atomic mass is 9.76. The van der Waals surface area contributed by atoms with Gasteiger partial charge in [0.2, 0.25) is 17.6 Å². The molecular formula is C35H30ClFN2O5. The number of para-hydroxylation sites is 1. The van der Waals surface area contributed by atoms with Crippen LogP contribution in [0, 0.1) is 23.6 Å². The average molecular weight is 613 g/mol. The lowest BCUT2D eigenvalue weighted by Gasteiger charge is -2.25. The number of fused-ring (bicyclic) bond motifs is 2. The number of ketones is 1. The second-order valence-corrected chi connectivity index (χ2v) is 11.9. The fourth-order valence-electron chi connectivity index (χ4n) is 6.25. The van der Waals surface area contributed by atoms with E-state index in [1.54, 1.807) is 54.6 Å². The number of halogens is 2. The number of pyridine rings is 1. The van der Waals surface area contributed by atoms with E-state index in [1.165, 1.54) is 29.2 Å². The van der Waals surface area contributed by atoms with Crippen LogP contribution >= 0.6 is 11.6 Å². The largest absolute Gasteiger partial charge is 0.450 e. The number of benzene rings is 3. The predicted molar refractivity (Wildman–Crippen MR) is 165 cm³/mol. The van der Waals surface area contributed by atoms with Gasteiger partial charge in [-0.1, -0.05) is 37.3 Å². The number of anilines is 1. The second-order valence-electron chi connectivity index (χ2n) is 11.5. The normalized spacial score (nSPS) is 20.4. The van der Waals surface area contributed by atoms with Crippen molar-refractivity contribution < 1.29 is 28.3 Å². The van der Waals surface area contributed by atoms with Gasteiger partial charge in [-0.15, -0.1) is 11.6 Å². The van der Waals surface area contributed by atoms with E-state index in [4.69, 9.17) is 21.3 Å². The Bertz CT molecular complexity index is 1760. The lowest BCUT2D eigenvalue weighted by molar-refractivity contribution is -0.122. The van der Waals surface area contributed by atoms with Crippen LogP contribution in [0.15, 0.2) is 78.9 Å². The molecule has 44 heavy (non-hydrogen) atoms. The average Bonchev–Trinajstić information content (AvgIpc) is 3.28. The van der Waals surface area contributed by atoms with E-state index in [0.29, 0.717) is 33.8 Å². The summed E-state index contributed by atoms with van der Waals surface area (Å²) in [5.41, 5.74) is 2.61. The summed E-state index contributed by atoms with van der Waals surface area (Å²) in [5.74, 6) is -2.01. The monoisotopic (exact) mass is 612 g/mol. The molecule has 7 nitrogen and oxygen atoms in total. The van der Waals surface area contributed by atoms with Gasteiger partial charge in [-0.3, -0.25) is 19.3 Å². The first-order valence-electron chi connectivity index (χ1n) is 14.7. The highest BCUT2D eigenvalue weighted by atomic mass is 35.5. The van der Waals surface area contributed by atoms with Gasteiger partial charge in [0.05, 0.1) is 34.3 Å². The van der Waals surface area contributed by atoms with E-state index in [-0.39, 0.29) is 47.1 Å². The van der Waals surface area contributed by atoms with Gasteiger partial charge in [0, 0.05) is 28.8 Å². The highest BCUT2D eigenvalue weighted by molar-refractivity contribution is 6.22. The van der Waals surface area contributed by atoms with E-state index in [2.05, 4.69) is 6.92 Å². The first-order chi connectivity index (χ1) is 21.2. The summed E-state index contributed by atoms with van der Waals surface area (Å²) in [6.07, 6.45) is 1.31. The molecule has 0 radical (unpaired) electrons. The molecule has 4 aromatic rings. The van der Waals surface area contributed by atoms with Crippen LogP contribution in [0.4, 0.5) is 10.1 Å². The molecule has 2 heterocycles. The zero-order chi connectivity index (χ0) is 31.0. The third-order valence-electron chi connectivity index (χ3n) is 8.59. The number of carbonyl (C=O) groups excluding carboxylic acids is 4. The van der Waals surface area contributed by atoms with Crippen molar-refractivity contribution in [3.8, 4) is 11.3 Å². The van der Waals surface area contributed by atoms with Gasteiger partial charge in [-0.05, 0) is 73.7 Å². The van der Waals surface area contributed by atoms with Crippen LogP contribution in [0.1, 0.15) is 53.3 Å². The summed E-state index contributed by atoms with van der Waals surface area (Å²) >= 11 is 5.94. The van der Waals surface area contributed by atoms with Gasteiger partial charge >= 0.3 is 5.97 Å². The molecule has 4 unspecified atom stereocenters. The summed E-state index contributed by atoms with van der Waals surface area (Å²) in [4.78, 5) is 59.1. The van der Waals surface area contributed by atoms with Gasteiger partial charge in [0.25, 0.3) is 0 Å². The van der Waals surface area contributed by atoms with Crippen molar-refractivity contribution >= 4 is 51.8 Å². The molecule has 1 saturated heterocycles. The van der Waals surface area contributed by atoms with Crippen LogP contribution in [-0.4, -0.2) is 40.5 Å². The SMILES string of the molecule is CC1CCC2C(=O)N(c3ccc(-c4cc(C(=O)OC(CCCl)C(=O)c5ccc(F)cc5)c5ccccc5n4)cc3)C(=O)C2C1. The van der Waals surface area contributed by atoms with Crippen LogP contribution in [-0.2, 0) is 14.3 Å². The number of carbonyl (C=O) groups is 4. The Hall–Kier alpha value is -4.43. The van der Waals surface area contributed by atoms with Crippen LogP contribution < -0.4 is 4.90 Å². The van der Waals surface area contributed by atoms with Crippen LogP contribution in [0.25, 0.3) is 22.2 Å². The van der Waals surface area contributed by atoms with Crippen LogP contribution in [0.5, 0.6) is 0 Å². The number of hydrogen-bond acceptors (Lipinski definition) is 6. The first-order valence-corrected chi connectivity index (χ1v) is 15.2. The Morgan fingerprint density at radius 3 is 2.41 bits per heavy atom. The molecule has 224 valence electrons. The summed E-state index contributed by atoms with van der Waals surface area (Å²) in [6, 6.07) is 20.7. The Morgan fingerprint density at radius 1 is 0.977 bits per heavy atom.